The van der Waals surface area contributed by atoms with E-state index in [1.807, 2.05) is 6.07 Å². The van der Waals surface area contributed by atoms with Crippen molar-refractivity contribution in [1.82, 2.24) is 14.3 Å². The zero-order valence-electron chi connectivity index (χ0n) is 17.5. The highest BCUT2D eigenvalue weighted by Crippen LogP contribution is 2.37. The van der Waals surface area contributed by atoms with Crippen molar-refractivity contribution in [3.63, 3.8) is 0 Å². The van der Waals surface area contributed by atoms with Crippen LogP contribution in [0, 0.1) is 0 Å². The molecule has 0 unspecified atom stereocenters. The minimum absolute atomic E-state index is 0.107. The first kappa shape index (κ1) is 22.0. The Morgan fingerprint density at radius 3 is 2.87 bits per heavy atom. The van der Waals surface area contributed by atoms with Gasteiger partial charge in [0.1, 0.15) is 15.8 Å². The first-order valence-corrected chi connectivity index (χ1v) is 11.8. The molecule has 2 aliphatic rings. The maximum absolute atomic E-state index is 13.2. The molecule has 4 rings (SSSR count). The van der Waals surface area contributed by atoms with Crippen molar-refractivity contribution in [1.29, 1.82) is 0 Å². The maximum Gasteiger partial charge on any atom is 0.267 e. The minimum atomic E-state index is -0.220. The Hall–Kier alpha value is -2.23. The fraction of sp³-hybridized carbons (Fsp3) is 0.455. The third-order valence-corrected chi connectivity index (χ3v) is 6.96. The Balaban J connectivity index is 1.69. The molecule has 1 saturated carbocycles. The lowest BCUT2D eigenvalue weighted by atomic mass is 9.94. The molecule has 0 atom stereocenters. The smallest absolute Gasteiger partial charge is 0.267 e. The largest absolute Gasteiger partial charge is 0.385 e. The topological polar surface area (TPSA) is 75.9 Å². The number of hydrogen-bond donors (Lipinski definition) is 1. The number of methoxy groups -OCH3 is 1. The molecular weight excluding hydrogens is 432 g/mol. The number of fused-ring (bicyclic) bond motifs is 1. The molecule has 1 aliphatic heterocycles. The highest BCUT2D eigenvalue weighted by molar-refractivity contribution is 8.26. The van der Waals surface area contributed by atoms with E-state index in [0.29, 0.717) is 39.4 Å². The molecule has 1 aliphatic carbocycles. The van der Waals surface area contributed by atoms with Gasteiger partial charge in [-0.15, -0.1) is 0 Å². The van der Waals surface area contributed by atoms with Crippen LogP contribution in [0.2, 0.25) is 0 Å². The molecule has 2 aromatic rings. The van der Waals surface area contributed by atoms with Crippen molar-refractivity contribution < 1.29 is 9.53 Å². The van der Waals surface area contributed by atoms with Gasteiger partial charge in [0.15, 0.2) is 0 Å². The standard InChI is InChI=1S/C22H26N4O3S2/c1-29-13-7-11-23-19-16(20(27)25-12-6-5-10-18(25)24-19)14-17-21(28)26(22(30)31-17)15-8-3-2-4-9-15/h5-6,10,12,14-15,23H,2-4,7-9,11,13H2,1H3/b17-14+. The SMILES string of the molecule is COCCCNc1nc2ccccn2c(=O)c1/C=C1/SC(=S)N(C2CCCCC2)C1=O. The first-order chi connectivity index (χ1) is 15.1. The van der Waals surface area contributed by atoms with E-state index in [4.69, 9.17) is 17.0 Å². The fourth-order valence-electron chi connectivity index (χ4n) is 4.06. The van der Waals surface area contributed by atoms with E-state index in [1.54, 1.807) is 36.4 Å². The summed E-state index contributed by atoms with van der Waals surface area (Å²) in [6.07, 6.45) is 9.50. The summed E-state index contributed by atoms with van der Waals surface area (Å²) in [5, 5.41) is 3.24. The number of nitrogens with one attached hydrogen (secondary N) is 1. The van der Waals surface area contributed by atoms with Gasteiger partial charge in [0, 0.05) is 32.5 Å². The van der Waals surface area contributed by atoms with Crippen LogP contribution in [0.15, 0.2) is 34.1 Å². The van der Waals surface area contributed by atoms with E-state index in [0.717, 1.165) is 32.1 Å². The Morgan fingerprint density at radius 1 is 1.29 bits per heavy atom. The van der Waals surface area contributed by atoms with Crippen LogP contribution >= 0.6 is 24.0 Å². The number of anilines is 1. The van der Waals surface area contributed by atoms with E-state index < -0.39 is 0 Å². The Kier molecular flexibility index (Phi) is 7.04. The number of aromatic nitrogens is 2. The number of carbonyl (C=O) groups is 1. The Labute approximate surface area is 190 Å². The lowest BCUT2D eigenvalue weighted by Gasteiger charge is -2.29. The van der Waals surface area contributed by atoms with Crippen molar-refractivity contribution in [3.05, 3.63) is 45.2 Å². The molecule has 2 fully saturated rings. The maximum atomic E-state index is 13.2. The van der Waals surface area contributed by atoms with Gasteiger partial charge in [0.2, 0.25) is 0 Å². The molecule has 0 spiro atoms. The Morgan fingerprint density at radius 2 is 2.10 bits per heavy atom. The second-order valence-electron chi connectivity index (χ2n) is 7.72. The second kappa shape index (κ2) is 9.93. The number of thioether (sulfide) groups is 1. The number of carbonyl (C=O) groups excluding carboxylic acids is 1. The van der Waals surface area contributed by atoms with Crippen LogP contribution in [0.4, 0.5) is 5.82 Å². The predicted octanol–water partition coefficient (Wildman–Crippen LogP) is 3.68. The van der Waals surface area contributed by atoms with Gasteiger partial charge in [-0.1, -0.05) is 49.3 Å². The van der Waals surface area contributed by atoms with E-state index in [-0.39, 0.29) is 17.5 Å². The zero-order chi connectivity index (χ0) is 21.8. The van der Waals surface area contributed by atoms with Crippen LogP contribution in [0.3, 0.4) is 0 Å². The number of pyridine rings is 1. The van der Waals surface area contributed by atoms with Gasteiger partial charge in [-0.2, -0.15) is 0 Å². The number of amides is 1. The fourth-order valence-corrected chi connectivity index (χ4v) is 5.44. The van der Waals surface area contributed by atoms with Crippen LogP contribution in [-0.4, -0.2) is 50.8 Å². The molecule has 9 heteroatoms. The van der Waals surface area contributed by atoms with Gasteiger partial charge in [0.05, 0.1) is 10.5 Å². The lowest BCUT2D eigenvalue weighted by Crippen LogP contribution is -2.39. The van der Waals surface area contributed by atoms with Crippen LogP contribution in [0.5, 0.6) is 0 Å². The number of rotatable bonds is 7. The lowest BCUT2D eigenvalue weighted by molar-refractivity contribution is -0.124. The number of hydrogen-bond acceptors (Lipinski definition) is 7. The summed E-state index contributed by atoms with van der Waals surface area (Å²) in [6.45, 7) is 1.21. The van der Waals surface area contributed by atoms with Gasteiger partial charge >= 0.3 is 0 Å². The van der Waals surface area contributed by atoms with Crippen LogP contribution in [0.1, 0.15) is 44.1 Å². The predicted molar refractivity (Wildman–Crippen MR) is 128 cm³/mol. The number of ether oxygens (including phenoxy) is 1. The van der Waals surface area contributed by atoms with Crippen molar-refractivity contribution in [2.24, 2.45) is 0 Å². The van der Waals surface area contributed by atoms with Crippen LogP contribution in [-0.2, 0) is 9.53 Å². The summed E-state index contributed by atoms with van der Waals surface area (Å²) >= 11 is 6.80. The molecule has 0 bridgehead atoms. The van der Waals surface area contributed by atoms with Gasteiger partial charge in [-0.3, -0.25) is 18.9 Å². The highest BCUT2D eigenvalue weighted by Gasteiger charge is 2.37. The van der Waals surface area contributed by atoms with Crippen molar-refractivity contribution in [2.75, 3.05) is 25.6 Å². The van der Waals surface area contributed by atoms with Gasteiger partial charge < -0.3 is 10.1 Å². The monoisotopic (exact) mass is 458 g/mol. The molecule has 3 heterocycles. The average Bonchev–Trinajstić information content (AvgIpc) is 3.07. The van der Waals surface area contributed by atoms with Gasteiger partial charge in [-0.05, 0) is 37.5 Å². The molecular formula is C22H26N4O3S2. The third-order valence-electron chi connectivity index (χ3n) is 5.63. The summed E-state index contributed by atoms with van der Waals surface area (Å²) in [4.78, 5) is 33.3. The summed E-state index contributed by atoms with van der Waals surface area (Å²) < 4.78 is 7.17. The first-order valence-electron chi connectivity index (χ1n) is 10.6. The van der Waals surface area contributed by atoms with Crippen molar-refractivity contribution in [3.8, 4) is 0 Å². The highest BCUT2D eigenvalue weighted by atomic mass is 32.2. The number of nitrogens with zero attached hydrogens (tertiary/aromatic N) is 3. The normalized spacial score (nSPS) is 19.0. The molecule has 164 valence electrons. The molecule has 31 heavy (non-hydrogen) atoms. The van der Waals surface area contributed by atoms with E-state index >= 15 is 0 Å². The summed E-state index contributed by atoms with van der Waals surface area (Å²) in [7, 11) is 1.65. The van der Waals surface area contributed by atoms with Gasteiger partial charge in [-0.25, -0.2) is 4.98 Å². The van der Waals surface area contributed by atoms with Crippen LogP contribution < -0.4 is 10.9 Å². The van der Waals surface area contributed by atoms with Crippen LogP contribution in [0.25, 0.3) is 11.7 Å². The summed E-state index contributed by atoms with van der Waals surface area (Å²) in [5.74, 6) is 0.361. The number of thiocarbonyl (C=S) groups is 1. The molecule has 1 saturated heterocycles. The molecule has 1 amide bonds. The molecule has 0 radical (unpaired) electrons. The second-order valence-corrected chi connectivity index (χ2v) is 9.40. The quantitative estimate of drug-likeness (QED) is 0.385. The van der Waals surface area contributed by atoms with Gasteiger partial charge in [0.25, 0.3) is 11.5 Å². The van der Waals surface area contributed by atoms with Crippen molar-refractivity contribution in [2.45, 2.75) is 44.6 Å². The molecule has 1 N–H and O–H groups in total. The summed E-state index contributed by atoms with van der Waals surface area (Å²) in [6, 6.07) is 5.57. The van der Waals surface area contributed by atoms with Crippen molar-refractivity contribution >= 4 is 51.7 Å². The molecule has 2 aromatic heterocycles. The van der Waals surface area contributed by atoms with E-state index in [1.165, 1.54) is 22.6 Å². The zero-order valence-corrected chi connectivity index (χ0v) is 19.1. The average molecular weight is 459 g/mol. The Bertz CT molecular complexity index is 1080. The minimum Gasteiger partial charge on any atom is -0.385 e. The molecule has 7 nitrogen and oxygen atoms in total. The third kappa shape index (κ3) is 4.68. The summed E-state index contributed by atoms with van der Waals surface area (Å²) in [5.41, 5.74) is 0.696. The molecule has 0 aromatic carbocycles. The van der Waals surface area contributed by atoms with E-state index in [2.05, 4.69) is 10.3 Å². The van der Waals surface area contributed by atoms with E-state index in [9.17, 15) is 9.59 Å².